The molecule has 0 radical (unpaired) electrons. The summed E-state index contributed by atoms with van der Waals surface area (Å²) in [5.41, 5.74) is 4.42. The number of amides is 1. The van der Waals surface area contributed by atoms with Crippen LogP contribution in [-0.4, -0.2) is 35.0 Å². The highest BCUT2D eigenvalue weighted by atomic mass is 35.5. The zero-order valence-electron chi connectivity index (χ0n) is 18.5. The molecule has 1 aliphatic rings. The minimum Gasteiger partial charge on any atom is -0.462 e. The summed E-state index contributed by atoms with van der Waals surface area (Å²) in [7, 11) is 0. The van der Waals surface area contributed by atoms with Crippen LogP contribution in [0, 0.1) is 0 Å². The van der Waals surface area contributed by atoms with Crippen LogP contribution < -0.4 is 5.32 Å². The number of ether oxygens (including phenoxy) is 1. The van der Waals surface area contributed by atoms with Gasteiger partial charge in [-0.1, -0.05) is 35.9 Å². The van der Waals surface area contributed by atoms with E-state index in [4.69, 9.17) is 26.3 Å². The van der Waals surface area contributed by atoms with E-state index in [1.54, 1.807) is 31.2 Å². The number of esters is 1. The molecule has 0 aliphatic carbocycles. The second kappa shape index (κ2) is 11.1. The molecule has 0 spiro atoms. The third kappa shape index (κ3) is 6.12. The Kier molecular flexibility index (Phi) is 7.77. The second-order valence-corrected chi connectivity index (χ2v) is 8.86. The van der Waals surface area contributed by atoms with Crippen LogP contribution in [0.15, 0.2) is 82.8 Å². The summed E-state index contributed by atoms with van der Waals surface area (Å²) in [5, 5.41) is 4.31. The van der Waals surface area contributed by atoms with Gasteiger partial charge < -0.3 is 10.1 Å². The Morgan fingerprint density at radius 1 is 0.971 bits per heavy atom. The predicted molar refractivity (Wildman–Crippen MR) is 139 cm³/mol. The van der Waals surface area contributed by atoms with Gasteiger partial charge in [-0.05, 0) is 61.0 Å². The number of aliphatic imine (C=N–C) groups is 2. The highest BCUT2D eigenvalue weighted by molar-refractivity contribution is 8.14. The molecule has 1 heterocycles. The van der Waals surface area contributed by atoms with Crippen molar-refractivity contribution in [3.63, 3.8) is 0 Å². The van der Waals surface area contributed by atoms with Crippen molar-refractivity contribution in [2.24, 2.45) is 9.98 Å². The fraction of sp³-hybridized carbons (Fsp3) is 0.154. The lowest BCUT2D eigenvalue weighted by Crippen LogP contribution is -2.16. The molecule has 0 unspecified atom stereocenters. The van der Waals surface area contributed by atoms with E-state index < -0.39 is 0 Å². The molecule has 172 valence electrons. The van der Waals surface area contributed by atoms with E-state index in [2.05, 4.69) is 5.32 Å². The van der Waals surface area contributed by atoms with Crippen molar-refractivity contribution < 1.29 is 14.3 Å². The zero-order valence-corrected chi connectivity index (χ0v) is 20.0. The van der Waals surface area contributed by atoms with E-state index in [0.717, 1.165) is 27.7 Å². The number of hydrogen-bond donors (Lipinski definition) is 1. The summed E-state index contributed by atoms with van der Waals surface area (Å²) in [6.07, 6.45) is 0.502. The molecule has 1 N–H and O–H groups in total. The number of nitrogens with zero attached hydrogens (tertiary/aromatic N) is 2. The second-order valence-electron chi connectivity index (χ2n) is 7.37. The largest absolute Gasteiger partial charge is 0.462 e. The van der Waals surface area contributed by atoms with Gasteiger partial charge in [-0.15, -0.1) is 11.8 Å². The minimum absolute atomic E-state index is 0.168. The maximum absolute atomic E-state index is 12.6. The lowest BCUT2D eigenvalue weighted by atomic mass is 10.1. The quantitative estimate of drug-likeness (QED) is 0.402. The Hall–Kier alpha value is -3.42. The molecular weight excluding hydrogens is 470 g/mol. The van der Waals surface area contributed by atoms with Crippen molar-refractivity contribution in [2.45, 2.75) is 13.3 Å². The standard InChI is InChI=1S/C26H22ClN3O3S/c1-2-33-26(32)18-9-13-20(14-10-18)28-24(31)16-34-25-15-23(17-7-11-19(27)12-8-17)29-21-5-3-4-6-22(21)30-25/h3-14H,2,15-16H2,1H3,(H,28,31). The van der Waals surface area contributed by atoms with Crippen LogP contribution >= 0.6 is 23.4 Å². The molecule has 4 rings (SSSR count). The highest BCUT2D eigenvalue weighted by Crippen LogP contribution is 2.33. The summed E-state index contributed by atoms with van der Waals surface area (Å²) < 4.78 is 4.98. The Bertz CT molecular complexity index is 1260. The van der Waals surface area contributed by atoms with E-state index in [9.17, 15) is 9.59 Å². The smallest absolute Gasteiger partial charge is 0.338 e. The molecule has 0 saturated carbocycles. The van der Waals surface area contributed by atoms with E-state index in [0.29, 0.717) is 29.3 Å². The molecule has 3 aromatic rings. The number of carbonyl (C=O) groups excluding carboxylic acids is 2. The van der Waals surface area contributed by atoms with Crippen LogP contribution in [-0.2, 0) is 9.53 Å². The summed E-state index contributed by atoms with van der Waals surface area (Å²) in [5.74, 6) is -0.367. The molecule has 0 fully saturated rings. The van der Waals surface area contributed by atoms with Gasteiger partial charge in [0, 0.05) is 17.1 Å². The van der Waals surface area contributed by atoms with Gasteiger partial charge in [0.2, 0.25) is 5.91 Å². The third-order valence-corrected chi connectivity index (χ3v) is 6.16. The fourth-order valence-electron chi connectivity index (χ4n) is 3.30. The van der Waals surface area contributed by atoms with Gasteiger partial charge in [-0.25, -0.2) is 9.79 Å². The Balaban J connectivity index is 1.44. The van der Waals surface area contributed by atoms with Crippen molar-refractivity contribution in [1.29, 1.82) is 0 Å². The van der Waals surface area contributed by atoms with Crippen molar-refractivity contribution in [1.82, 2.24) is 0 Å². The average Bonchev–Trinajstić information content (AvgIpc) is 3.03. The van der Waals surface area contributed by atoms with E-state index >= 15 is 0 Å². The summed E-state index contributed by atoms with van der Waals surface area (Å²) in [6.45, 7) is 2.07. The molecule has 0 aromatic heterocycles. The van der Waals surface area contributed by atoms with E-state index in [1.807, 2.05) is 48.5 Å². The third-order valence-electron chi connectivity index (χ3n) is 4.93. The molecule has 0 saturated heterocycles. The maximum atomic E-state index is 12.6. The topological polar surface area (TPSA) is 80.1 Å². The Morgan fingerprint density at radius 2 is 1.65 bits per heavy atom. The highest BCUT2D eigenvalue weighted by Gasteiger charge is 2.17. The molecule has 3 aromatic carbocycles. The number of benzene rings is 3. The van der Waals surface area contributed by atoms with Crippen LogP contribution in [0.2, 0.25) is 5.02 Å². The SMILES string of the molecule is CCOC(=O)c1ccc(NC(=O)CSC2=Nc3ccccc3N=C(c3ccc(Cl)cc3)C2)cc1. The molecule has 34 heavy (non-hydrogen) atoms. The van der Waals surface area contributed by atoms with Crippen molar-refractivity contribution in [3.8, 4) is 0 Å². The van der Waals surface area contributed by atoms with Gasteiger partial charge in [0.1, 0.15) is 0 Å². The van der Waals surface area contributed by atoms with Crippen LogP contribution in [0.25, 0.3) is 0 Å². The van der Waals surface area contributed by atoms with Gasteiger partial charge in [0.25, 0.3) is 0 Å². The number of thioether (sulfide) groups is 1. The number of nitrogens with one attached hydrogen (secondary N) is 1. The van der Waals surface area contributed by atoms with Crippen molar-refractivity contribution in [3.05, 3.63) is 88.9 Å². The van der Waals surface area contributed by atoms with Gasteiger partial charge in [0.05, 0.1) is 40.1 Å². The lowest BCUT2D eigenvalue weighted by molar-refractivity contribution is -0.113. The number of anilines is 1. The normalized spacial score (nSPS) is 12.6. The van der Waals surface area contributed by atoms with E-state index in [-0.39, 0.29) is 17.6 Å². The Morgan fingerprint density at radius 3 is 2.32 bits per heavy atom. The number of rotatable bonds is 6. The lowest BCUT2D eigenvalue weighted by Gasteiger charge is -2.09. The number of halogens is 1. The number of fused-ring (bicyclic) bond motifs is 1. The van der Waals surface area contributed by atoms with Crippen LogP contribution in [0.5, 0.6) is 0 Å². The molecule has 6 nitrogen and oxygen atoms in total. The monoisotopic (exact) mass is 491 g/mol. The van der Waals surface area contributed by atoms with Crippen LogP contribution in [0.4, 0.5) is 17.1 Å². The molecule has 0 atom stereocenters. The number of carbonyl (C=O) groups is 2. The molecule has 0 bridgehead atoms. The average molecular weight is 492 g/mol. The van der Waals surface area contributed by atoms with Gasteiger partial charge in [-0.2, -0.15) is 0 Å². The number of hydrogen-bond acceptors (Lipinski definition) is 6. The first-order chi connectivity index (χ1) is 16.5. The number of para-hydroxylation sites is 2. The van der Waals surface area contributed by atoms with Crippen LogP contribution in [0.3, 0.4) is 0 Å². The zero-order chi connectivity index (χ0) is 23.9. The van der Waals surface area contributed by atoms with Gasteiger partial charge in [-0.3, -0.25) is 9.79 Å². The first-order valence-corrected chi connectivity index (χ1v) is 12.1. The molecule has 1 amide bonds. The van der Waals surface area contributed by atoms with Crippen molar-refractivity contribution >= 4 is 63.1 Å². The van der Waals surface area contributed by atoms with Crippen molar-refractivity contribution in [2.75, 3.05) is 17.7 Å². The summed E-state index contributed by atoms with van der Waals surface area (Å²) in [4.78, 5) is 33.9. The molecule has 8 heteroatoms. The fourth-order valence-corrected chi connectivity index (χ4v) is 4.20. The first-order valence-electron chi connectivity index (χ1n) is 10.7. The first kappa shape index (κ1) is 23.7. The summed E-state index contributed by atoms with van der Waals surface area (Å²) in [6, 6.07) is 21.8. The van der Waals surface area contributed by atoms with Gasteiger partial charge in [0.15, 0.2) is 0 Å². The molecule has 1 aliphatic heterocycles. The molecular formula is C26H22ClN3O3S. The summed E-state index contributed by atoms with van der Waals surface area (Å²) >= 11 is 7.42. The maximum Gasteiger partial charge on any atom is 0.338 e. The minimum atomic E-state index is -0.388. The Labute approximate surface area is 207 Å². The van der Waals surface area contributed by atoms with E-state index in [1.165, 1.54) is 11.8 Å². The van der Waals surface area contributed by atoms with Gasteiger partial charge >= 0.3 is 5.97 Å². The van der Waals surface area contributed by atoms with Crippen LogP contribution in [0.1, 0.15) is 29.3 Å². The predicted octanol–water partition coefficient (Wildman–Crippen LogP) is 6.44.